The number of ether oxygens (including phenoxy) is 1. The second-order valence-electron chi connectivity index (χ2n) is 12.0. The molecule has 11 heteroatoms. The third-order valence-corrected chi connectivity index (χ3v) is 9.00. The molecule has 0 amide bonds. The van der Waals surface area contributed by atoms with E-state index < -0.39 is 0 Å². The van der Waals surface area contributed by atoms with Gasteiger partial charge in [0.1, 0.15) is 5.82 Å². The number of methoxy groups -OCH3 is 1. The maximum absolute atomic E-state index is 9.15. The van der Waals surface area contributed by atoms with Crippen molar-refractivity contribution >= 4 is 0 Å². The van der Waals surface area contributed by atoms with Crippen molar-refractivity contribution in [1.29, 1.82) is 5.26 Å². The van der Waals surface area contributed by atoms with Crippen LogP contribution in [0.3, 0.4) is 0 Å². The summed E-state index contributed by atoms with van der Waals surface area (Å²) in [5, 5.41) is 23.4. The first kappa shape index (κ1) is 29.1. The summed E-state index contributed by atoms with van der Waals surface area (Å²) in [5.74, 6) is 0.971. The number of hydrogen-bond acceptors (Lipinski definition) is 8. The van der Waals surface area contributed by atoms with Gasteiger partial charge in [-0.1, -0.05) is 24.3 Å². The van der Waals surface area contributed by atoms with Crippen molar-refractivity contribution in [2.45, 2.75) is 45.2 Å². The fourth-order valence-corrected chi connectivity index (χ4v) is 6.47. The lowest BCUT2D eigenvalue weighted by molar-refractivity contribution is 0.183. The van der Waals surface area contributed by atoms with Crippen LogP contribution in [0.5, 0.6) is 0 Å². The monoisotopic (exact) mass is 602 g/mol. The Morgan fingerprint density at radius 3 is 2.56 bits per heavy atom. The minimum Gasteiger partial charge on any atom is -0.383 e. The van der Waals surface area contributed by atoms with Crippen molar-refractivity contribution in [3.63, 3.8) is 0 Å². The standard InChI is InChI=1S/C34H38N10O/c1-41-34(26-5-3-25(4-6-26)28-22-37-44(23-28)16-15-42-12-9-24(20-35)10-13-42)32-30(40-41)8-7-27-21-36-31(38-33(27)32)19-29-11-14-43(39-29)17-18-45-2/h3-6,11,14,21-24H,7-10,12-13,15-19H2,1-2H3. The van der Waals surface area contributed by atoms with E-state index in [1.807, 2.05) is 45.7 Å². The molecule has 0 radical (unpaired) electrons. The number of likely N-dealkylation sites (tertiary alicyclic amines) is 1. The zero-order valence-corrected chi connectivity index (χ0v) is 25.9. The molecule has 5 heterocycles. The summed E-state index contributed by atoms with van der Waals surface area (Å²) in [6, 6.07) is 13.1. The maximum Gasteiger partial charge on any atom is 0.134 e. The Morgan fingerprint density at radius 1 is 0.933 bits per heavy atom. The summed E-state index contributed by atoms with van der Waals surface area (Å²) < 4.78 is 11.1. The van der Waals surface area contributed by atoms with Gasteiger partial charge in [-0.15, -0.1) is 0 Å². The van der Waals surface area contributed by atoms with Gasteiger partial charge >= 0.3 is 0 Å². The highest BCUT2D eigenvalue weighted by atomic mass is 16.5. The second kappa shape index (κ2) is 12.8. The molecule has 1 fully saturated rings. The predicted octanol–water partition coefficient (Wildman–Crippen LogP) is 4.18. The van der Waals surface area contributed by atoms with Gasteiger partial charge < -0.3 is 9.64 Å². The van der Waals surface area contributed by atoms with Gasteiger partial charge in [0.05, 0.1) is 61.2 Å². The van der Waals surface area contributed by atoms with Crippen LogP contribution in [0.25, 0.3) is 33.6 Å². The molecular weight excluding hydrogens is 564 g/mol. The molecule has 0 bridgehead atoms. The van der Waals surface area contributed by atoms with Gasteiger partial charge in [-0.2, -0.15) is 20.6 Å². The lowest BCUT2D eigenvalue weighted by Crippen LogP contribution is -2.35. The van der Waals surface area contributed by atoms with Crippen molar-refractivity contribution < 1.29 is 4.74 Å². The molecule has 230 valence electrons. The number of rotatable bonds is 10. The van der Waals surface area contributed by atoms with Gasteiger partial charge in [0.15, 0.2) is 0 Å². The maximum atomic E-state index is 9.15. The Hall–Kier alpha value is -4.66. The molecule has 0 spiro atoms. The molecule has 0 N–H and O–H groups in total. The van der Waals surface area contributed by atoms with Crippen molar-refractivity contribution in [3.05, 3.63) is 77.9 Å². The molecule has 2 aliphatic rings. The molecule has 0 atom stereocenters. The van der Waals surface area contributed by atoms with Crippen molar-refractivity contribution in [1.82, 2.24) is 44.2 Å². The minimum atomic E-state index is 0.214. The Morgan fingerprint density at radius 2 is 1.76 bits per heavy atom. The van der Waals surface area contributed by atoms with Crippen LogP contribution in [-0.2, 0) is 44.1 Å². The number of hydrogen-bond donors (Lipinski definition) is 0. The van der Waals surface area contributed by atoms with Crippen LogP contribution in [0.4, 0.5) is 0 Å². The second-order valence-corrected chi connectivity index (χ2v) is 12.0. The lowest BCUT2D eigenvalue weighted by Gasteiger charge is -2.28. The first-order chi connectivity index (χ1) is 22.1. The van der Waals surface area contributed by atoms with Crippen LogP contribution in [0.2, 0.25) is 0 Å². The number of fused-ring (bicyclic) bond motifs is 3. The lowest BCUT2D eigenvalue weighted by atomic mass is 9.91. The van der Waals surface area contributed by atoms with E-state index in [1.165, 1.54) is 0 Å². The molecule has 1 saturated heterocycles. The third-order valence-electron chi connectivity index (χ3n) is 9.00. The van der Waals surface area contributed by atoms with E-state index >= 15 is 0 Å². The van der Waals surface area contributed by atoms with Crippen LogP contribution in [0, 0.1) is 17.2 Å². The number of aryl methyl sites for hydroxylation is 3. The number of benzene rings is 1. The topological polar surface area (TPSA) is 116 Å². The fourth-order valence-electron chi connectivity index (χ4n) is 6.47. The molecule has 1 aliphatic heterocycles. The largest absolute Gasteiger partial charge is 0.383 e. The van der Waals surface area contributed by atoms with E-state index in [4.69, 9.17) is 25.1 Å². The quantitative estimate of drug-likeness (QED) is 0.234. The summed E-state index contributed by atoms with van der Waals surface area (Å²) >= 11 is 0. The average Bonchev–Trinajstić information content (AvgIpc) is 3.82. The molecule has 7 rings (SSSR count). The summed E-state index contributed by atoms with van der Waals surface area (Å²) in [6.07, 6.45) is 12.3. The molecule has 5 aromatic rings. The van der Waals surface area contributed by atoms with E-state index in [1.54, 1.807) is 7.11 Å². The van der Waals surface area contributed by atoms with Crippen LogP contribution in [-0.4, -0.2) is 77.6 Å². The van der Waals surface area contributed by atoms with Gasteiger partial charge in [0.25, 0.3) is 0 Å². The minimum absolute atomic E-state index is 0.214. The molecule has 45 heavy (non-hydrogen) atoms. The van der Waals surface area contributed by atoms with E-state index in [0.717, 1.165) is 115 Å². The van der Waals surface area contributed by atoms with Crippen LogP contribution in [0.1, 0.15) is 35.6 Å². The summed E-state index contributed by atoms with van der Waals surface area (Å²) in [7, 11) is 3.71. The number of nitrogens with zero attached hydrogens (tertiary/aromatic N) is 10. The summed E-state index contributed by atoms with van der Waals surface area (Å²) in [5.41, 5.74) is 9.66. The smallest absolute Gasteiger partial charge is 0.134 e. The van der Waals surface area contributed by atoms with E-state index in [0.29, 0.717) is 13.0 Å². The number of piperidine rings is 1. The van der Waals surface area contributed by atoms with Crippen molar-refractivity contribution in [2.24, 2.45) is 13.0 Å². The van der Waals surface area contributed by atoms with Gasteiger partial charge in [0, 0.05) is 61.9 Å². The summed E-state index contributed by atoms with van der Waals surface area (Å²) in [6.45, 7) is 5.12. The third kappa shape index (κ3) is 6.16. The van der Waals surface area contributed by atoms with E-state index in [9.17, 15) is 0 Å². The highest BCUT2D eigenvalue weighted by Gasteiger charge is 2.27. The number of aromatic nitrogens is 8. The van der Waals surface area contributed by atoms with Gasteiger partial charge in [-0.25, -0.2) is 9.97 Å². The average molecular weight is 603 g/mol. The molecule has 0 unspecified atom stereocenters. The normalized spacial score (nSPS) is 15.1. The van der Waals surface area contributed by atoms with Crippen molar-refractivity contribution in [2.75, 3.05) is 33.4 Å². The zero-order chi connectivity index (χ0) is 30.8. The molecule has 1 aliphatic carbocycles. The highest BCUT2D eigenvalue weighted by molar-refractivity contribution is 5.84. The Kier molecular flexibility index (Phi) is 8.24. The Labute approximate surface area is 263 Å². The highest BCUT2D eigenvalue weighted by Crippen LogP contribution is 2.39. The molecule has 0 saturated carbocycles. The summed E-state index contributed by atoms with van der Waals surface area (Å²) in [4.78, 5) is 12.2. The first-order valence-corrected chi connectivity index (χ1v) is 15.8. The fraction of sp³-hybridized carbons (Fsp3) is 0.412. The first-order valence-electron chi connectivity index (χ1n) is 15.8. The van der Waals surface area contributed by atoms with Crippen LogP contribution < -0.4 is 0 Å². The van der Waals surface area contributed by atoms with Gasteiger partial charge in [-0.05, 0) is 56.0 Å². The predicted molar refractivity (Wildman–Crippen MR) is 170 cm³/mol. The van der Waals surface area contributed by atoms with Crippen molar-refractivity contribution in [3.8, 4) is 39.7 Å². The molecule has 1 aromatic carbocycles. The number of nitriles is 1. The van der Waals surface area contributed by atoms with E-state index in [2.05, 4.69) is 51.6 Å². The van der Waals surface area contributed by atoms with Crippen LogP contribution >= 0.6 is 0 Å². The molecule has 4 aromatic heterocycles. The van der Waals surface area contributed by atoms with E-state index in [-0.39, 0.29) is 5.92 Å². The van der Waals surface area contributed by atoms with Crippen LogP contribution in [0.15, 0.2) is 55.1 Å². The van der Waals surface area contributed by atoms with Gasteiger partial charge in [-0.3, -0.25) is 14.0 Å². The Bertz CT molecular complexity index is 1820. The zero-order valence-electron chi connectivity index (χ0n) is 25.9. The van der Waals surface area contributed by atoms with Gasteiger partial charge in [0.2, 0.25) is 0 Å². The molecule has 11 nitrogen and oxygen atoms in total. The SMILES string of the molecule is COCCn1ccc(Cc2ncc3c(n2)-c2c(nn(C)c2-c2ccc(-c4cnn(CCN5CCC(C#N)CC5)c4)cc2)CC3)n1. The molecular formula is C34H38N10O. The Balaban J connectivity index is 1.08.